The molecule has 0 bridgehead atoms. The minimum Gasteiger partial charge on any atom is -0.494 e. The number of benzene rings is 2. The number of aromatic nitrogens is 3. The lowest BCUT2D eigenvalue weighted by Crippen LogP contribution is -2.10. The van der Waals surface area contributed by atoms with Crippen molar-refractivity contribution in [3.05, 3.63) is 72.1 Å². The first-order chi connectivity index (χ1) is 14.1. The van der Waals surface area contributed by atoms with Gasteiger partial charge in [-0.25, -0.2) is 4.79 Å². The highest BCUT2D eigenvalue weighted by molar-refractivity contribution is 5.87. The van der Waals surface area contributed by atoms with Gasteiger partial charge in [0.2, 0.25) is 11.9 Å². The molecule has 0 atom stereocenters. The lowest BCUT2D eigenvalue weighted by molar-refractivity contribution is -0.139. The van der Waals surface area contributed by atoms with Gasteiger partial charge in [-0.3, -0.25) is 0 Å². The molecule has 0 saturated carbocycles. The number of rotatable bonds is 8. The van der Waals surface area contributed by atoms with Crippen LogP contribution in [0.5, 0.6) is 5.75 Å². The number of nitrogens with one attached hydrogen (secondary N) is 1. The van der Waals surface area contributed by atoms with Gasteiger partial charge in [0.15, 0.2) is 12.4 Å². The van der Waals surface area contributed by atoms with Gasteiger partial charge in [0.1, 0.15) is 5.75 Å². The lowest BCUT2D eigenvalue weighted by atomic mass is 10.2. The van der Waals surface area contributed by atoms with E-state index in [1.807, 2.05) is 61.5 Å². The highest BCUT2D eigenvalue weighted by atomic mass is 16.5. The van der Waals surface area contributed by atoms with Crippen LogP contribution in [0.4, 0.5) is 17.6 Å². The summed E-state index contributed by atoms with van der Waals surface area (Å²) >= 11 is 0. The third-order valence-electron chi connectivity index (χ3n) is 3.68. The van der Waals surface area contributed by atoms with E-state index < -0.39 is 5.97 Å². The Kier molecular flexibility index (Phi) is 6.72. The monoisotopic (exact) mass is 391 g/mol. The van der Waals surface area contributed by atoms with E-state index in [1.54, 1.807) is 6.08 Å². The van der Waals surface area contributed by atoms with Crippen molar-refractivity contribution in [2.24, 2.45) is 0 Å². The molecule has 148 valence electrons. The van der Waals surface area contributed by atoms with Crippen molar-refractivity contribution in [2.45, 2.75) is 13.5 Å². The van der Waals surface area contributed by atoms with Crippen LogP contribution in [0.25, 0.3) is 6.08 Å². The third-order valence-corrected chi connectivity index (χ3v) is 3.68. The molecule has 29 heavy (non-hydrogen) atoms. The molecule has 8 nitrogen and oxygen atoms in total. The fourth-order valence-electron chi connectivity index (χ4n) is 2.40. The summed E-state index contributed by atoms with van der Waals surface area (Å²) in [6, 6.07) is 16.8. The SMILES string of the molecule is CCOc1ccc(C=CC(=O)OCc2nc(N)nc(Nc3ccccc3)n2)cc1. The number of esters is 1. The van der Waals surface area contributed by atoms with Crippen molar-refractivity contribution in [1.29, 1.82) is 0 Å². The Morgan fingerprint density at radius 3 is 2.55 bits per heavy atom. The molecule has 3 aromatic rings. The van der Waals surface area contributed by atoms with Crippen LogP contribution in [-0.2, 0) is 16.1 Å². The van der Waals surface area contributed by atoms with Crippen LogP contribution in [0.2, 0.25) is 0 Å². The zero-order valence-corrected chi connectivity index (χ0v) is 15.9. The number of para-hydroxylation sites is 1. The van der Waals surface area contributed by atoms with Gasteiger partial charge < -0.3 is 20.5 Å². The van der Waals surface area contributed by atoms with E-state index in [-0.39, 0.29) is 24.3 Å². The highest BCUT2D eigenvalue weighted by Crippen LogP contribution is 2.14. The quantitative estimate of drug-likeness (QED) is 0.444. The predicted molar refractivity (Wildman–Crippen MR) is 110 cm³/mol. The molecule has 3 N–H and O–H groups in total. The molecule has 0 aliphatic heterocycles. The number of hydrogen-bond acceptors (Lipinski definition) is 8. The van der Waals surface area contributed by atoms with Crippen LogP contribution < -0.4 is 15.8 Å². The largest absolute Gasteiger partial charge is 0.494 e. The zero-order valence-electron chi connectivity index (χ0n) is 15.9. The first-order valence-corrected chi connectivity index (χ1v) is 9.02. The molecule has 0 aliphatic carbocycles. The molecule has 0 radical (unpaired) electrons. The zero-order chi connectivity index (χ0) is 20.5. The number of nitrogen functional groups attached to an aromatic ring is 1. The maximum Gasteiger partial charge on any atom is 0.331 e. The molecule has 0 unspecified atom stereocenters. The molecule has 1 aromatic heterocycles. The Hall–Kier alpha value is -3.94. The van der Waals surface area contributed by atoms with E-state index in [4.69, 9.17) is 15.2 Å². The average molecular weight is 391 g/mol. The van der Waals surface area contributed by atoms with E-state index in [0.717, 1.165) is 17.0 Å². The molecular formula is C21H21N5O3. The van der Waals surface area contributed by atoms with E-state index in [2.05, 4.69) is 20.3 Å². The van der Waals surface area contributed by atoms with Crippen LogP contribution in [0.1, 0.15) is 18.3 Å². The lowest BCUT2D eigenvalue weighted by Gasteiger charge is -2.07. The molecular weight excluding hydrogens is 370 g/mol. The van der Waals surface area contributed by atoms with Crippen molar-refractivity contribution >= 4 is 29.6 Å². The molecule has 1 heterocycles. The molecule has 0 saturated heterocycles. The van der Waals surface area contributed by atoms with Gasteiger partial charge in [-0.15, -0.1) is 0 Å². The number of hydrogen-bond donors (Lipinski definition) is 2. The van der Waals surface area contributed by atoms with Crippen molar-refractivity contribution in [2.75, 3.05) is 17.7 Å². The summed E-state index contributed by atoms with van der Waals surface area (Å²) in [6.07, 6.45) is 2.99. The van der Waals surface area contributed by atoms with Crippen molar-refractivity contribution in [1.82, 2.24) is 15.0 Å². The minimum atomic E-state index is -0.518. The Morgan fingerprint density at radius 1 is 1.07 bits per heavy atom. The minimum absolute atomic E-state index is 0.0365. The first-order valence-electron chi connectivity index (χ1n) is 9.02. The number of ether oxygens (including phenoxy) is 2. The molecule has 0 aliphatic rings. The van der Waals surface area contributed by atoms with Crippen molar-refractivity contribution < 1.29 is 14.3 Å². The maximum atomic E-state index is 12.0. The summed E-state index contributed by atoms with van der Waals surface area (Å²) in [5.74, 6) is 0.822. The summed E-state index contributed by atoms with van der Waals surface area (Å²) in [5, 5.41) is 3.03. The number of carbonyl (C=O) groups excluding carboxylic acids is 1. The Balaban J connectivity index is 1.56. The smallest absolute Gasteiger partial charge is 0.331 e. The van der Waals surface area contributed by atoms with Gasteiger partial charge >= 0.3 is 5.97 Å². The Labute approximate surface area is 168 Å². The summed E-state index contributed by atoms with van der Waals surface area (Å²) < 4.78 is 10.6. The van der Waals surface area contributed by atoms with E-state index in [1.165, 1.54) is 6.08 Å². The number of anilines is 3. The summed E-state index contributed by atoms with van der Waals surface area (Å²) in [4.78, 5) is 24.2. The summed E-state index contributed by atoms with van der Waals surface area (Å²) in [7, 11) is 0. The second-order valence-electron chi connectivity index (χ2n) is 5.87. The Bertz CT molecular complexity index is 975. The average Bonchev–Trinajstić information content (AvgIpc) is 2.72. The van der Waals surface area contributed by atoms with Crippen LogP contribution >= 0.6 is 0 Å². The van der Waals surface area contributed by atoms with Gasteiger partial charge in [-0.2, -0.15) is 15.0 Å². The van der Waals surface area contributed by atoms with Crippen molar-refractivity contribution in [3.8, 4) is 5.75 Å². The van der Waals surface area contributed by atoms with Gasteiger partial charge in [-0.05, 0) is 42.8 Å². The van der Waals surface area contributed by atoms with Gasteiger partial charge in [0, 0.05) is 11.8 Å². The topological polar surface area (TPSA) is 112 Å². The molecule has 3 rings (SSSR count). The van der Waals surface area contributed by atoms with E-state index in [0.29, 0.717) is 6.61 Å². The maximum absolute atomic E-state index is 12.0. The van der Waals surface area contributed by atoms with Crippen LogP contribution in [-0.4, -0.2) is 27.5 Å². The number of carbonyl (C=O) groups is 1. The van der Waals surface area contributed by atoms with Crippen LogP contribution in [0, 0.1) is 0 Å². The standard InChI is InChI=1S/C21H21N5O3/c1-2-28-17-11-8-15(9-12-17)10-13-19(27)29-14-18-24-20(22)26-21(25-18)23-16-6-4-3-5-7-16/h3-13H,2,14H2,1H3,(H3,22,23,24,25,26). The molecule has 0 fully saturated rings. The third kappa shape index (κ3) is 6.31. The molecule has 0 spiro atoms. The first kappa shape index (κ1) is 19.8. The second-order valence-corrected chi connectivity index (χ2v) is 5.87. The fourth-order valence-corrected chi connectivity index (χ4v) is 2.40. The van der Waals surface area contributed by atoms with E-state index in [9.17, 15) is 4.79 Å². The normalized spacial score (nSPS) is 10.7. The van der Waals surface area contributed by atoms with Crippen LogP contribution in [0.3, 0.4) is 0 Å². The highest BCUT2D eigenvalue weighted by Gasteiger charge is 2.07. The summed E-state index contributed by atoms with van der Waals surface area (Å²) in [5.41, 5.74) is 7.38. The number of nitrogens with zero attached hydrogens (tertiary/aromatic N) is 3. The fraction of sp³-hybridized carbons (Fsp3) is 0.143. The molecule has 8 heteroatoms. The van der Waals surface area contributed by atoms with Crippen LogP contribution in [0.15, 0.2) is 60.7 Å². The van der Waals surface area contributed by atoms with Gasteiger partial charge in [0.25, 0.3) is 0 Å². The van der Waals surface area contributed by atoms with Crippen molar-refractivity contribution in [3.63, 3.8) is 0 Å². The number of nitrogens with two attached hydrogens (primary N) is 1. The second kappa shape index (κ2) is 9.84. The molecule has 0 amide bonds. The Morgan fingerprint density at radius 2 is 1.83 bits per heavy atom. The van der Waals surface area contributed by atoms with E-state index >= 15 is 0 Å². The predicted octanol–water partition coefficient (Wildman–Crippen LogP) is 3.35. The van der Waals surface area contributed by atoms with Gasteiger partial charge in [0.05, 0.1) is 6.61 Å². The summed E-state index contributed by atoms with van der Waals surface area (Å²) in [6.45, 7) is 2.40. The molecule has 2 aromatic carbocycles. The van der Waals surface area contributed by atoms with Gasteiger partial charge in [-0.1, -0.05) is 30.3 Å².